The molecule has 29 heavy (non-hydrogen) atoms. The van der Waals surface area contributed by atoms with Gasteiger partial charge in [-0.2, -0.15) is 5.26 Å². The van der Waals surface area contributed by atoms with Gasteiger partial charge in [0.15, 0.2) is 0 Å². The van der Waals surface area contributed by atoms with Crippen LogP contribution >= 0.6 is 0 Å². The Morgan fingerprint density at radius 3 is 2.10 bits per heavy atom. The van der Waals surface area contributed by atoms with Crippen LogP contribution in [-0.2, 0) is 19.1 Å². The third-order valence-electron chi connectivity index (χ3n) is 8.38. The highest BCUT2D eigenvalue weighted by Gasteiger charge is 2.69. The molecule has 0 saturated carbocycles. The number of likely N-dealkylation sites (N-methyl/N-ethyl adjacent to an activating group) is 1. The predicted molar refractivity (Wildman–Crippen MR) is 101 cm³/mol. The minimum atomic E-state index is -1.10. The lowest BCUT2D eigenvalue weighted by Crippen LogP contribution is -2.73. The van der Waals surface area contributed by atoms with Crippen LogP contribution in [0.2, 0.25) is 0 Å². The first-order chi connectivity index (χ1) is 13.8. The summed E-state index contributed by atoms with van der Waals surface area (Å²) in [5.41, 5.74) is -2.06. The molecule has 0 aromatic rings. The fourth-order valence-corrected chi connectivity index (χ4v) is 6.79. The van der Waals surface area contributed by atoms with Gasteiger partial charge in [-0.05, 0) is 39.0 Å². The number of carboxylic acid groups (broad SMARTS) is 2. The topological polar surface area (TPSA) is 117 Å². The summed E-state index contributed by atoms with van der Waals surface area (Å²) in [5, 5.41) is 29.8. The summed E-state index contributed by atoms with van der Waals surface area (Å²) in [5.74, 6) is -1.72. The fourth-order valence-electron chi connectivity index (χ4n) is 6.79. The van der Waals surface area contributed by atoms with Gasteiger partial charge in [0.05, 0.1) is 50.4 Å². The number of nitrogens with zero attached hydrogens (tertiary/aromatic N) is 2. The number of carbonyl (C=O) groups is 2. The van der Waals surface area contributed by atoms with Crippen LogP contribution in [0.25, 0.3) is 0 Å². The number of ether oxygens (including phenoxy) is 2. The molecule has 2 N–H and O–H groups in total. The largest absolute Gasteiger partial charge is 0.481 e. The Labute approximate surface area is 171 Å². The molecule has 7 unspecified atom stereocenters. The number of nitriles is 1. The van der Waals surface area contributed by atoms with Crippen molar-refractivity contribution < 1.29 is 33.8 Å². The zero-order chi connectivity index (χ0) is 20.9. The van der Waals surface area contributed by atoms with Gasteiger partial charge in [-0.15, -0.1) is 0 Å². The molecule has 4 bridgehead atoms. The van der Waals surface area contributed by atoms with Gasteiger partial charge in [-0.1, -0.05) is 0 Å². The van der Waals surface area contributed by atoms with E-state index >= 15 is 0 Å². The molecule has 0 radical (unpaired) electrons. The molecule has 4 aliphatic heterocycles. The first-order valence-corrected chi connectivity index (χ1v) is 10.8. The Morgan fingerprint density at radius 1 is 1.03 bits per heavy atom. The Morgan fingerprint density at radius 2 is 1.69 bits per heavy atom. The molecule has 4 fully saturated rings. The van der Waals surface area contributed by atoms with Crippen LogP contribution in [0.4, 0.5) is 0 Å². The van der Waals surface area contributed by atoms with Gasteiger partial charge in [0, 0.05) is 12.8 Å². The average molecular weight is 407 g/mol. The molecule has 0 amide bonds. The second-order valence-electron chi connectivity index (χ2n) is 9.31. The Kier molecular flexibility index (Phi) is 5.12. The zero-order valence-corrected chi connectivity index (χ0v) is 17.0. The maximum absolute atomic E-state index is 12.7. The predicted octanol–water partition coefficient (Wildman–Crippen LogP) is 1.92. The van der Waals surface area contributed by atoms with E-state index < -0.39 is 22.9 Å². The molecule has 0 aromatic heterocycles. The summed E-state index contributed by atoms with van der Waals surface area (Å²) in [7, 11) is 0. The van der Waals surface area contributed by atoms with Gasteiger partial charge in [-0.25, -0.2) is 4.79 Å². The summed E-state index contributed by atoms with van der Waals surface area (Å²) in [6, 6.07) is 2.18. The second-order valence-corrected chi connectivity index (χ2v) is 9.31. The summed E-state index contributed by atoms with van der Waals surface area (Å²) in [4.78, 5) is 25.0. The number of carboxylic acids is 2. The highest BCUT2D eigenvalue weighted by Crippen LogP contribution is 2.53. The maximum Gasteiger partial charge on any atom is 0.368 e. The van der Waals surface area contributed by atoms with Crippen molar-refractivity contribution in [1.82, 2.24) is 0 Å². The van der Waals surface area contributed by atoms with E-state index in [0.29, 0.717) is 45.3 Å². The van der Waals surface area contributed by atoms with Crippen LogP contribution in [0.5, 0.6) is 0 Å². The Bertz CT molecular complexity index is 737. The molecule has 4 heterocycles. The number of rotatable bonds is 9. The zero-order valence-electron chi connectivity index (χ0n) is 17.0. The molecule has 160 valence electrons. The second kappa shape index (κ2) is 7.22. The summed E-state index contributed by atoms with van der Waals surface area (Å²) >= 11 is 0. The van der Waals surface area contributed by atoms with Gasteiger partial charge >= 0.3 is 11.9 Å². The van der Waals surface area contributed by atoms with E-state index in [0.717, 1.165) is 19.3 Å². The third kappa shape index (κ3) is 2.82. The Balaban J connectivity index is 1.68. The van der Waals surface area contributed by atoms with E-state index in [-0.39, 0.29) is 35.3 Å². The standard InChI is InChI=1S/C21H30N2O6/c1-2-23(10-3-9-22,21(19(26)27)13-15-5-7-17(21)29-15)11-8-20(18(24)25)12-14-4-6-16(20)28-14/h14-17H,2-8,10-13H2,1H3,(H-,24,25,26,27)/p+1. The lowest BCUT2D eigenvalue weighted by atomic mass is 9.70. The third-order valence-corrected chi connectivity index (χ3v) is 8.38. The summed E-state index contributed by atoms with van der Waals surface area (Å²) in [6.07, 6.45) is 4.05. The van der Waals surface area contributed by atoms with Crippen molar-refractivity contribution in [1.29, 1.82) is 5.26 Å². The highest BCUT2D eigenvalue weighted by molar-refractivity contribution is 5.79. The van der Waals surface area contributed by atoms with Crippen LogP contribution in [-0.4, -0.2) is 76.2 Å². The quantitative estimate of drug-likeness (QED) is 0.561. The minimum absolute atomic E-state index is 0.00186. The van der Waals surface area contributed by atoms with E-state index in [1.54, 1.807) is 0 Å². The average Bonchev–Trinajstić information content (AvgIpc) is 3.48. The van der Waals surface area contributed by atoms with E-state index in [1.165, 1.54) is 0 Å². The molecule has 0 spiro atoms. The fraction of sp³-hybridized carbons (Fsp3) is 0.857. The molecule has 7 atom stereocenters. The van der Waals surface area contributed by atoms with Crippen molar-refractivity contribution in [3.63, 3.8) is 0 Å². The molecule has 4 aliphatic rings. The normalized spacial score (nSPS) is 41.9. The monoisotopic (exact) mass is 407 g/mol. The molecule has 8 nitrogen and oxygen atoms in total. The van der Waals surface area contributed by atoms with Crippen molar-refractivity contribution in [2.75, 3.05) is 19.6 Å². The van der Waals surface area contributed by atoms with Crippen molar-refractivity contribution >= 4 is 11.9 Å². The van der Waals surface area contributed by atoms with E-state index in [9.17, 15) is 25.1 Å². The van der Waals surface area contributed by atoms with Crippen molar-refractivity contribution in [2.45, 2.75) is 88.2 Å². The molecule has 4 rings (SSSR count). The van der Waals surface area contributed by atoms with Gasteiger partial charge < -0.3 is 24.2 Å². The van der Waals surface area contributed by atoms with Crippen LogP contribution in [0.15, 0.2) is 0 Å². The van der Waals surface area contributed by atoms with Crippen LogP contribution in [0.3, 0.4) is 0 Å². The van der Waals surface area contributed by atoms with Crippen LogP contribution in [0, 0.1) is 16.7 Å². The lowest BCUT2D eigenvalue weighted by Gasteiger charge is -2.52. The van der Waals surface area contributed by atoms with Crippen molar-refractivity contribution in [2.24, 2.45) is 5.41 Å². The number of hydrogen-bond acceptors (Lipinski definition) is 5. The Hall–Kier alpha value is -1.69. The van der Waals surface area contributed by atoms with E-state index in [4.69, 9.17) is 9.47 Å². The number of aliphatic carboxylic acids is 2. The molecular weight excluding hydrogens is 376 g/mol. The van der Waals surface area contributed by atoms with Crippen molar-refractivity contribution in [3.05, 3.63) is 0 Å². The SMILES string of the molecule is CC[N+](CCC#N)(CCC1(C(=O)O)CC2CCC1O2)C1(C(=O)O)CC2CCC1O2. The lowest BCUT2D eigenvalue weighted by molar-refractivity contribution is -0.968. The molecule has 4 saturated heterocycles. The van der Waals surface area contributed by atoms with Gasteiger partial charge in [0.25, 0.3) is 0 Å². The van der Waals surface area contributed by atoms with Gasteiger partial charge in [-0.3, -0.25) is 4.79 Å². The van der Waals surface area contributed by atoms with Gasteiger partial charge in [0.2, 0.25) is 5.54 Å². The smallest absolute Gasteiger partial charge is 0.368 e. The number of hydrogen-bond donors (Lipinski definition) is 2. The highest BCUT2D eigenvalue weighted by atomic mass is 16.5. The number of fused-ring (bicyclic) bond motifs is 4. The van der Waals surface area contributed by atoms with Crippen molar-refractivity contribution in [3.8, 4) is 6.07 Å². The molecule has 0 aliphatic carbocycles. The van der Waals surface area contributed by atoms with Crippen LogP contribution in [0.1, 0.15) is 58.3 Å². The molecular formula is C21H31N2O6+. The maximum atomic E-state index is 12.7. The minimum Gasteiger partial charge on any atom is -0.481 e. The first-order valence-electron chi connectivity index (χ1n) is 10.8. The molecule has 8 heteroatoms. The summed E-state index contributed by atoms with van der Waals surface area (Å²) < 4.78 is 12.1. The van der Waals surface area contributed by atoms with E-state index in [2.05, 4.69) is 6.07 Å². The summed E-state index contributed by atoms with van der Waals surface area (Å²) in [6.45, 7) is 3.30. The van der Waals surface area contributed by atoms with E-state index in [1.807, 2.05) is 6.92 Å². The first kappa shape index (κ1) is 20.6. The molecule has 0 aromatic carbocycles. The van der Waals surface area contributed by atoms with Gasteiger partial charge in [0.1, 0.15) is 11.5 Å². The number of quaternary nitrogens is 1. The van der Waals surface area contributed by atoms with Crippen LogP contribution < -0.4 is 0 Å².